The molecule has 0 aromatic rings. The molecule has 0 aromatic heterocycles. The molecule has 4 nitrogen and oxygen atoms in total. The number of thioether (sulfide) groups is 1. The summed E-state index contributed by atoms with van der Waals surface area (Å²) in [7, 11) is 0. The summed E-state index contributed by atoms with van der Waals surface area (Å²) in [4.78, 5) is 28.3. The van der Waals surface area contributed by atoms with Crippen LogP contribution in [0.3, 0.4) is 0 Å². The summed E-state index contributed by atoms with van der Waals surface area (Å²) in [6, 6.07) is 0. The summed E-state index contributed by atoms with van der Waals surface area (Å²) < 4.78 is 0. The Kier molecular flexibility index (Phi) is 3.98. The lowest BCUT2D eigenvalue weighted by atomic mass is 9.99. The number of nitrogens with zero attached hydrogens (tertiary/aromatic N) is 2. The van der Waals surface area contributed by atoms with Crippen molar-refractivity contribution in [2.75, 3.05) is 25.4 Å². The third-order valence-corrected chi connectivity index (χ3v) is 6.69. The predicted octanol–water partition coefficient (Wildman–Crippen LogP) is 2.09. The van der Waals surface area contributed by atoms with Crippen molar-refractivity contribution in [3.05, 3.63) is 0 Å². The van der Waals surface area contributed by atoms with Gasteiger partial charge in [-0.15, -0.1) is 11.8 Å². The Labute approximate surface area is 125 Å². The molecule has 5 heteroatoms. The summed E-state index contributed by atoms with van der Waals surface area (Å²) in [6.07, 6.45) is 6.46. The lowest BCUT2D eigenvalue weighted by Crippen LogP contribution is -2.54. The topological polar surface area (TPSA) is 40.6 Å². The molecule has 1 spiro atoms. The van der Waals surface area contributed by atoms with Gasteiger partial charge in [-0.2, -0.15) is 0 Å². The normalized spacial score (nSPS) is 26.4. The van der Waals surface area contributed by atoms with E-state index in [0.29, 0.717) is 5.91 Å². The van der Waals surface area contributed by atoms with Gasteiger partial charge >= 0.3 is 0 Å². The Hall–Kier alpha value is -0.710. The Balaban J connectivity index is 1.69. The molecule has 0 unspecified atom stereocenters. The minimum absolute atomic E-state index is 0.00831. The van der Waals surface area contributed by atoms with Gasteiger partial charge in [0.1, 0.15) is 0 Å². The van der Waals surface area contributed by atoms with Crippen LogP contribution >= 0.6 is 11.8 Å². The summed E-state index contributed by atoms with van der Waals surface area (Å²) in [6.45, 7) is 4.15. The molecule has 0 bridgehead atoms. The van der Waals surface area contributed by atoms with E-state index >= 15 is 0 Å². The minimum atomic E-state index is -0.00831. The second kappa shape index (κ2) is 5.58. The predicted molar refractivity (Wildman–Crippen MR) is 80.3 cm³/mol. The van der Waals surface area contributed by atoms with Crippen LogP contribution in [0.25, 0.3) is 0 Å². The molecule has 20 heavy (non-hydrogen) atoms. The quantitative estimate of drug-likeness (QED) is 0.744. The van der Waals surface area contributed by atoms with Crippen LogP contribution in [-0.4, -0.2) is 51.9 Å². The largest absolute Gasteiger partial charge is 0.343 e. The highest BCUT2D eigenvalue weighted by Gasteiger charge is 2.47. The molecule has 2 saturated heterocycles. The van der Waals surface area contributed by atoms with Crippen LogP contribution < -0.4 is 0 Å². The molecule has 1 aliphatic carbocycles. The molecular formula is C15H24N2O2S. The van der Waals surface area contributed by atoms with Crippen LogP contribution in [0.2, 0.25) is 0 Å². The van der Waals surface area contributed by atoms with E-state index in [1.807, 2.05) is 16.7 Å². The molecule has 2 aliphatic heterocycles. The van der Waals surface area contributed by atoms with Gasteiger partial charge in [0.15, 0.2) is 0 Å². The van der Waals surface area contributed by atoms with Crippen molar-refractivity contribution in [3.8, 4) is 0 Å². The third-order valence-electron chi connectivity index (χ3n) is 5.14. The second-order valence-corrected chi connectivity index (χ2v) is 7.73. The summed E-state index contributed by atoms with van der Waals surface area (Å²) in [5.74, 6) is 1.88. The van der Waals surface area contributed by atoms with Crippen LogP contribution in [-0.2, 0) is 9.59 Å². The van der Waals surface area contributed by atoms with Crippen molar-refractivity contribution in [3.63, 3.8) is 0 Å². The highest BCUT2D eigenvalue weighted by molar-refractivity contribution is 8.00. The first-order valence-corrected chi connectivity index (χ1v) is 8.82. The van der Waals surface area contributed by atoms with Crippen molar-refractivity contribution < 1.29 is 9.59 Å². The maximum absolute atomic E-state index is 12.8. The monoisotopic (exact) mass is 296 g/mol. The number of hydrogen-bond acceptors (Lipinski definition) is 3. The van der Waals surface area contributed by atoms with E-state index in [0.717, 1.165) is 51.1 Å². The van der Waals surface area contributed by atoms with Crippen LogP contribution in [0, 0.1) is 5.92 Å². The molecule has 0 N–H and O–H groups in total. The molecular weight excluding hydrogens is 272 g/mol. The van der Waals surface area contributed by atoms with Gasteiger partial charge in [-0.25, -0.2) is 0 Å². The summed E-state index contributed by atoms with van der Waals surface area (Å²) in [5, 5.41) is 0. The van der Waals surface area contributed by atoms with Crippen molar-refractivity contribution in [1.29, 1.82) is 0 Å². The van der Waals surface area contributed by atoms with Crippen molar-refractivity contribution >= 4 is 23.6 Å². The zero-order valence-corrected chi connectivity index (χ0v) is 13.1. The third kappa shape index (κ3) is 2.45. The fraction of sp³-hybridized carbons (Fsp3) is 0.867. The van der Waals surface area contributed by atoms with Gasteiger partial charge in [0.05, 0.1) is 4.87 Å². The van der Waals surface area contributed by atoms with E-state index in [2.05, 4.69) is 4.90 Å². The first kappa shape index (κ1) is 14.2. The molecule has 3 aliphatic rings. The number of carbonyl (C=O) groups is 2. The number of hydrogen-bond donors (Lipinski definition) is 0. The number of carbonyl (C=O) groups excluding carboxylic acids is 2. The van der Waals surface area contributed by atoms with Gasteiger partial charge in [0.2, 0.25) is 11.8 Å². The molecule has 0 radical (unpaired) electrons. The van der Waals surface area contributed by atoms with Gasteiger partial charge in [-0.1, -0.05) is 12.8 Å². The molecule has 0 aromatic carbocycles. The fourth-order valence-electron chi connectivity index (χ4n) is 3.90. The van der Waals surface area contributed by atoms with Crippen LogP contribution in [0.5, 0.6) is 0 Å². The molecule has 0 atom stereocenters. The van der Waals surface area contributed by atoms with E-state index in [1.165, 1.54) is 12.8 Å². The highest BCUT2D eigenvalue weighted by atomic mass is 32.2. The van der Waals surface area contributed by atoms with Gasteiger partial charge in [-0.3, -0.25) is 9.59 Å². The number of piperidine rings is 1. The molecule has 3 rings (SSSR count). The molecule has 2 heterocycles. The molecule has 2 amide bonds. The fourth-order valence-corrected chi connectivity index (χ4v) is 5.36. The average molecular weight is 296 g/mol. The van der Waals surface area contributed by atoms with E-state index in [9.17, 15) is 9.59 Å². The van der Waals surface area contributed by atoms with Crippen molar-refractivity contribution in [2.45, 2.75) is 50.3 Å². The first-order valence-electron chi connectivity index (χ1n) is 7.83. The number of amides is 2. The van der Waals surface area contributed by atoms with Crippen LogP contribution in [0.4, 0.5) is 0 Å². The van der Waals surface area contributed by atoms with E-state index in [1.54, 1.807) is 6.92 Å². The van der Waals surface area contributed by atoms with E-state index in [-0.39, 0.29) is 16.7 Å². The van der Waals surface area contributed by atoms with E-state index in [4.69, 9.17) is 0 Å². The summed E-state index contributed by atoms with van der Waals surface area (Å²) >= 11 is 1.94. The number of likely N-dealkylation sites (tertiary alicyclic amines) is 1. The Morgan fingerprint density at radius 1 is 1.10 bits per heavy atom. The van der Waals surface area contributed by atoms with Crippen LogP contribution in [0.1, 0.15) is 45.4 Å². The van der Waals surface area contributed by atoms with Crippen LogP contribution in [0.15, 0.2) is 0 Å². The zero-order valence-electron chi connectivity index (χ0n) is 12.3. The van der Waals surface area contributed by atoms with Gasteiger partial charge in [-0.05, 0) is 25.7 Å². The lowest BCUT2D eigenvalue weighted by Gasteiger charge is -2.44. The Morgan fingerprint density at radius 3 is 2.35 bits per heavy atom. The number of rotatable bonds is 1. The van der Waals surface area contributed by atoms with E-state index < -0.39 is 0 Å². The summed E-state index contributed by atoms with van der Waals surface area (Å²) in [5.41, 5.74) is 0. The smallest absolute Gasteiger partial charge is 0.226 e. The standard InChI is InChI=1S/C15H24N2O2S/c1-12(18)16-8-6-15(7-9-16)17(10-11-20-15)14(19)13-4-2-3-5-13/h13H,2-11H2,1H3. The molecule has 112 valence electrons. The van der Waals surface area contributed by atoms with Gasteiger partial charge < -0.3 is 9.80 Å². The first-order chi connectivity index (χ1) is 9.62. The highest BCUT2D eigenvalue weighted by Crippen LogP contribution is 2.45. The van der Waals surface area contributed by atoms with Gasteiger partial charge in [0, 0.05) is 38.2 Å². The second-order valence-electron chi connectivity index (χ2n) is 6.27. The molecule has 1 saturated carbocycles. The zero-order chi connectivity index (χ0) is 14.2. The minimum Gasteiger partial charge on any atom is -0.343 e. The SMILES string of the molecule is CC(=O)N1CCC2(CC1)SCCN2C(=O)C1CCCC1. The molecule has 3 fully saturated rings. The lowest BCUT2D eigenvalue weighted by molar-refractivity contribution is -0.140. The Bertz CT molecular complexity index is 399. The van der Waals surface area contributed by atoms with Gasteiger partial charge in [0.25, 0.3) is 0 Å². The maximum Gasteiger partial charge on any atom is 0.226 e. The average Bonchev–Trinajstić information content (AvgIpc) is 3.08. The Morgan fingerprint density at radius 2 is 1.75 bits per heavy atom. The maximum atomic E-state index is 12.8. The van der Waals surface area contributed by atoms with Crippen molar-refractivity contribution in [2.24, 2.45) is 5.92 Å². The van der Waals surface area contributed by atoms with Crippen molar-refractivity contribution in [1.82, 2.24) is 9.80 Å².